The second-order valence-corrected chi connectivity index (χ2v) is 3.41. The molecule has 0 aliphatic heterocycles. The summed E-state index contributed by atoms with van der Waals surface area (Å²) in [6.07, 6.45) is 4.33. The molecule has 0 radical (unpaired) electrons. The first kappa shape index (κ1) is 13.5. The average Bonchev–Trinajstić information content (AvgIpc) is 2.62. The molecule has 3 heteroatoms. The van der Waals surface area contributed by atoms with Gasteiger partial charge in [0.2, 0.25) is 0 Å². The second kappa shape index (κ2) is 6.91. The molecule has 0 amide bonds. The molecule has 1 heterocycles. The zero-order valence-corrected chi connectivity index (χ0v) is 9.77. The standard InChI is InChI=1S/C11H19NO.ClH/c1-3-5-6-10(12)11-8-7-9(4-2)13-11;/h7-8,10H,3-6,12H2,1-2H3;1H/t10-;/m1./s1. The SMILES string of the molecule is CCCC[C@@H](N)c1ccc(CC)o1.Cl. The van der Waals surface area contributed by atoms with Crippen LogP contribution in [0, 0.1) is 0 Å². The van der Waals surface area contributed by atoms with Crippen LogP contribution in [0.2, 0.25) is 0 Å². The van der Waals surface area contributed by atoms with Crippen molar-refractivity contribution in [3.05, 3.63) is 23.7 Å². The molecular formula is C11H20ClNO. The first-order chi connectivity index (χ1) is 6.27. The predicted molar refractivity (Wildman–Crippen MR) is 61.8 cm³/mol. The third-order valence-corrected chi connectivity index (χ3v) is 2.27. The van der Waals surface area contributed by atoms with Crippen molar-refractivity contribution < 1.29 is 4.42 Å². The summed E-state index contributed by atoms with van der Waals surface area (Å²) in [5, 5.41) is 0. The zero-order chi connectivity index (χ0) is 9.68. The Hall–Kier alpha value is -0.470. The summed E-state index contributed by atoms with van der Waals surface area (Å²) in [5.74, 6) is 1.97. The van der Waals surface area contributed by atoms with Gasteiger partial charge in [-0.05, 0) is 18.6 Å². The van der Waals surface area contributed by atoms with Crippen LogP contribution >= 0.6 is 12.4 Å². The maximum Gasteiger partial charge on any atom is 0.120 e. The largest absolute Gasteiger partial charge is 0.464 e. The van der Waals surface area contributed by atoms with Gasteiger partial charge in [-0.25, -0.2) is 0 Å². The number of unbranched alkanes of at least 4 members (excludes halogenated alkanes) is 1. The third kappa shape index (κ3) is 3.72. The van der Waals surface area contributed by atoms with E-state index in [1.807, 2.05) is 12.1 Å². The zero-order valence-electron chi connectivity index (χ0n) is 8.95. The Bertz CT molecular complexity index is 247. The van der Waals surface area contributed by atoms with E-state index >= 15 is 0 Å². The summed E-state index contributed by atoms with van der Waals surface area (Å²) >= 11 is 0. The third-order valence-electron chi connectivity index (χ3n) is 2.27. The molecule has 0 aliphatic rings. The molecule has 0 bridgehead atoms. The van der Waals surface area contributed by atoms with Gasteiger partial charge in [0.25, 0.3) is 0 Å². The summed E-state index contributed by atoms with van der Waals surface area (Å²) in [6.45, 7) is 4.26. The van der Waals surface area contributed by atoms with Gasteiger partial charge in [-0.2, -0.15) is 0 Å². The first-order valence-electron chi connectivity index (χ1n) is 5.12. The minimum Gasteiger partial charge on any atom is -0.464 e. The van der Waals surface area contributed by atoms with Gasteiger partial charge in [-0.3, -0.25) is 0 Å². The summed E-state index contributed by atoms with van der Waals surface area (Å²) < 4.78 is 5.57. The molecule has 1 aromatic rings. The van der Waals surface area contributed by atoms with E-state index in [4.69, 9.17) is 10.2 Å². The van der Waals surface area contributed by atoms with E-state index in [1.54, 1.807) is 0 Å². The maximum absolute atomic E-state index is 5.96. The van der Waals surface area contributed by atoms with E-state index in [1.165, 1.54) is 12.8 Å². The van der Waals surface area contributed by atoms with Crippen molar-refractivity contribution in [2.24, 2.45) is 5.73 Å². The predicted octanol–water partition coefficient (Wildman–Crippen LogP) is 3.45. The van der Waals surface area contributed by atoms with Gasteiger partial charge < -0.3 is 10.2 Å². The Labute approximate surface area is 92.3 Å². The molecule has 0 aromatic carbocycles. The number of rotatable bonds is 5. The Kier molecular flexibility index (Phi) is 6.67. The van der Waals surface area contributed by atoms with Crippen molar-refractivity contribution in [1.29, 1.82) is 0 Å². The van der Waals surface area contributed by atoms with Crippen molar-refractivity contribution in [3.63, 3.8) is 0 Å². The van der Waals surface area contributed by atoms with Crippen molar-refractivity contribution in [2.45, 2.75) is 45.6 Å². The van der Waals surface area contributed by atoms with Gasteiger partial charge in [-0.15, -0.1) is 12.4 Å². The highest BCUT2D eigenvalue weighted by Gasteiger charge is 2.09. The summed E-state index contributed by atoms with van der Waals surface area (Å²) in [6, 6.07) is 4.10. The Morgan fingerprint density at radius 2 is 2.07 bits per heavy atom. The molecule has 1 aromatic heterocycles. The number of halogens is 1. The van der Waals surface area contributed by atoms with E-state index in [2.05, 4.69) is 13.8 Å². The fourth-order valence-corrected chi connectivity index (χ4v) is 1.35. The molecule has 0 saturated heterocycles. The molecule has 82 valence electrons. The summed E-state index contributed by atoms with van der Waals surface area (Å²) in [5.41, 5.74) is 5.96. The lowest BCUT2D eigenvalue weighted by molar-refractivity contribution is 0.420. The minimum atomic E-state index is 0. The highest BCUT2D eigenvalue weighted by atomic mass is 35.5. The van der Waals surface area contributed by atoms with Crippen LogP contribution in [0.4, 0.5) is 0 Å². The molecule has 1 atom stereocenters. The molecule has 0 saturated carbocycles. The minimum absolute atomic E-state index is 0. The molecular weight excluding hydrogens is 198 g/mol. The van der Waals surface area contributed by atoms with Crippen LogP contribution in [0.25, 0.3) is 0 Å². The number of hydrogen-bond donors (Lipinski definition) is 1. The molecule has 1 rings (SSSR count). The van der Waals surface area contributed by atoms with Gasteiger partial charge >= 0.3 is 0 Å². The fourth-order valence-electron chi connectivity index (χ4n) is 1.35. The van der Waals surface area contributed by atoms with E-state index in [-0.39, 0.29) is 18.4 Å². The molecule has 0 fully saturated rings. The van der Waals surface area contributed by atoms with Crippen LogP contribution in [0.1, 0.15) is 50.7 Å². The molecule has 0 spiro atoms. The van der Waals surface area contributed by atoms with E-state index in [9.17, 15) is 0 Å². The molecule has 2 nitrogen and oxygen atoms in total. The van der Waals surface area contributed by atoms with E-state index in [0.717, 1.165) is 24.4 Å². The van der Waals surface area contributed by atoms with Crippen LogP contribution in [0.3, 0.4) is 0 Å². The first-order valence-corrected chi connectivity index (χ1v) is 5.12. The van der Waals surface area contributed by atoms with Crippen LogP contribution < -0.4 is 5.73 Å². The van der Waals surface area contributed by atoms with Crippen molar-refractivity contribution >= 4 is 12.4 Å². The number of hydrogen-bond acceptors (Lipinski definition) is 2. The Balaban J connectivity index is 0.00000169. The summed E-state index contributed by atoms with van der Waals surface area (Å²) in [4.78, 5) is 0. The Morgan fingerprint density at radius 3 is 2.57 bits per heavy atom. The lowest BCUT2D eigenvalue weighted by Gasteiger charge is -2.06. The highest BCUT2D eigenvalue weighted by molar-refractivity contribution is 5.85. The molecule has 14 heavy (non-hydrogen) atoms. The van der Waals surface area contributed by atoms with E-state index in [0.29, 0.717) is 0 Å². The quantitative estimate of drug-likeness (QED) is 0.821. The van der Waals surface area contributed by atoms with Gasteiger partial charge in [0, 0.05) is 6.42 Å². The average molecular weight is 218 g/mol. The van der Waals surface area contributed by atoms with Gasteiger partial charge in [-0.1, -0.05) is 26.7 Å². The van der Waals surface area contributed by atoms with Gasteiger partial charge in [0.15, 0.2) is 0 Å². The smallest absolute Gasteiger partial charge is 0.120 e. The van der Waals surface area contributed by atoms with Crippen LogP contribution in [-0.2, 0) is 6.42 Å². The number of aryl methyl sites for hydroxylation is 1. The Morgan fingerprint density at radius 1 is 1.36 bits per heavy atom. The molecule has 0 aliphatic carbocycles. The van der Waals surface area contributed by atoms with Crippen molar-refractivity contribution in [3.8, 4) is 0 Å². The second-order valence-electron chi connectivity index (χ2n) is 3.41. The lowest BCUT2D eigenvalue weighted by Crippen LogP contribution is -2.08. The van der Waals surface area contributed by atoms with Crippen LogP contribution in [0.5, 0.6) is 0 Å². The van der Waals surface area contributed by atoms with Crippen molar-refractivity contribution in [2.75, 3.05) is 0 Å². The molecule has 2 N–H and O–H groups in total. The van der Waals surface area contributed by atoms with Gasteiger partial charge in [0.05, 0.1) is 6.04 Å². The fraction of sp³-hybridized carbons (Fsp3) is 0.636. The van der Waals surface area contributed by atoms with Crippen molar-refractivity contribution in [1.82, 2.24) is 0 Å². The van der Waals surface area contributed by atoms with Crippen LogP contribution in [0.15, 0.2) is 16.5 Å². The number of nitrogens with two attached hydrogens (primary N) is 1. The van der Waals surface area contributed by atoms with Gasteiger partial charge in [0.1, 0.15) is 11.5 Å². The monoisotopic (exact) mass is 217 g/mol. The summed E-state index contributed by atoms with van der Waals surface area (Å²) in [7, 11) is 0. The number of furan rings is 1. The van der Waals surface area contributed by atoms with Crippen LogP contribution in [-0.4, -0.2) is 0 Å². The highest BCUT2D eigenvalue weighted by Crippen LogP contribution is 2.19. The lowest BCUT2D eigenvalue weighted by atomic mass is 10.1. The topological polar surface area (TPSA) is 39.2 Å². The normalized spacial score (nSPS) is 12.2. The molecule has 0 unspecified atom stereocenters. The maximum atomic E-state index is 5.96. The van der Waals surface area contributed by atoms with E-state index < -0.39 is 0 Å².